The normalized spacial score (nSPS) is 14.9. The molecule has 1 aromatic carbocycles. The van der Waals surface area contributed by atoms with Crippen LogP contribution in [-0.2, 0) is 11.2 Å². The summed E-state index contributed by atoms with van der Waals surface area (Å²) >= 11 is 0. The van der Waals surface area contributed by atoms with Gasteiger partial charge in [0.15, 0.2) is 6.10 Å². The molecule has 18 heavy (non-hydrogen) atoms. The van der Waals surface area contributed by atoms with Crippen molar-refractivity contribution in [2.75, 3.05) is 0 Å². The maximum absolute atomic E-state index is 12.5. The largest absolute Gasteiger partial charge is 0.416 e. The number of benzene rings is 1. The van der Waals surface area contributed by atoms with Crippen LogP contribution in [-0.4, -0.2) is 29.3 Å². The summed E-state index contributed by atoms with van der Waals surface area (Å²) in [6.45, 7) is 1.11. The predicted octanol–water partition coefficient (Wildman–Crippen LogP) is 1.66. The van der Waals surface area contributed by atoms with Gasteiger partial charge < -0.3 is 10.4 Å². The van der Waals surface area contributed by atoms with Crippen LogP contribution in [0, 0.1) is 0 Å². The SMILES string of the molecule is CC(=O)N[C@@H](Cc1ccccc1)[C@H](O)C(F)(F)F. The first-order chi connectivity index (χ1) is 8.30. The molecule has 2 N–H and O–H groups in total. The van der Waals surface area contributed by atoms with Crippen molar-refractivity contribution in [2.24, 2.45) is 0 Å². The number of carbonyl (C=O) groups is 1. The predicted molar refractivity (Wildman–Crippen MR) is 59.8 cm³/mol. The summed E-state index contributed by atoms with van der Waals surface area (Å²) in [6.07, 6.45) is -7.43. The third kappa shape index (κ3) is 4.37. The van der Waals surface area contributed by atoms with Gasteiger partial charge in [0.25, 0.3) is 0 Å². The Kier molecular flexibility index (Phi) is 4.72. The summed E-state index contributed by atoms with van der Waals surface area (Å²) in [5.74, 6) is -0.612. The first kappa shape index (κ1) is 14.5. The third-order valence-corrected chi connectivity index (χ3v) is 2.40. The monoisotopic (exact) mass is 261 g/mol. The lowest BCUT2D eigenvalue weighted by atomic mass is 10.0. The van der Waals surface area contributed by atoms with Crippen molar-refractivity contribution in [3.63, 3.8) is 0 Å². The minimum atomic E-state index is -4.76. The van der Waals surface area contributed by atoms with Gasteiger partial charge in [0, 0.05) is 6.92 Å². The Labute approximate surface area is 103 Å². The molecule has 0 bridgehead atoms. The lowest BCUT2D eigenvalue weighted by Crippen LogP contribution is -2.50. The summed E-state index contributed by atoms with van der Waals surface area (Å²) in [4.78, 5) is 10.9. The van der Waals surface area contributed by atoms with Gasteiger partial charge in [-0.2, -0.15) is 13.2 Å². The van der Waals surface area contributed by atoms with Crippen molar-refractivity contribution >= 4 is 5.91 Å². The van der Waals surface area contributed by atoms with Crippen LogP contribution in [0.1, 0.15) is 12.5 Å². The number of rotatable bonds is 4. The second-order valence-electron chi connectivity index (χ2n) is 3.98. The highest BCUT2D eigenvalue weighted by Crippen LogP contribution is 2.24. The van der Waals surface area contributed by atoms with Crippen LogP contribution in [0.25, 0.3) is 0 Å². The quantitative estimate of drug-likeness (QED) is 0.866. The Balaban J connectivity index is 2.82. The summed E-state index contributed by atoms with van der Waals surface area (Å²) in [5.41, 5.74) is 0.611. The molecule has 0 aromatic heterocycles. The molecule has 0 aliphatic rings. The molecular formula is C12H14F3NO2. The van der Waals surface area contributed by atoms with E-state index in [9.17, 15) is 23.1 Å². The van der Waals surface area contributed by atoms with E-state index in [1.807, 2.05) is 0 Å². The zero-order valence-electron chi connectivity index (χ0n) is 9.74. The third-order valence-electron chi connectivity index (χ3n) is 2.40. The van der Waals surface area contributed by atoms with Gasteiger partial charge >= 0.3 is 6.18 Å². The number of halogens is 3. The van der Waals surface area contributed by atoms with Crippen LogP contribution in [0.3, 0.4) is 0 Å². The van der Waals surface area contributed by atoms with E-state index >= 15 is 0 Å². The Hall–Kier alpha value is -1.56. The molecule has 0 heterocycles. The fourth-order valence-electron chi connectivity index (χ4n) is 1.60. The van der Waals surface area contributed by atoms with Gasteiger partial charge in [-0.15, -0.1) is 0 Å². The molecular weight excluding hydrogens is 247 g/mol. The topological polar surface area (TPSA) is 49.3 Å². The van der Waals surface area contributed by atoms with Crippen LogP contribution >= 0.6 is 0 Å². The summed E-state index contributed by atoms with van der Waals surface area (Å²) in [5, 5.41) is 11.3. The highest BCUT2D eigenvalue weighted by molar-refractivity contribution is 5.73. The van der Waals surface area contributed by atoms with Gasteiger partial charge in [0.05, 0.1) is 6.04 Å². The minimum absolute atomic E-state index is 0.0822. The molecule has 6 heteroatoms. The number of amides is 1. The van der Waals surface area contributed by atoms with Crippen LogP contribution in [0.5, 0.6) is 0 Å². The molecule has 1 aromatic rings. The van der Waals surface area contributed by atoms with Crippen LogP contribution < -0.4 is 5.32 Å². The zero-order chi connectivity index (χ0) is 13.8. The number of carbonyl (C=O) groups excluding carboxylic acids is 1. The van der Waals surface area contributed by atoms with Crippen LogP contribution in [0.4, 0.5) is 13.2 Å². The van der Waals surface area contributed by atoms with E-state index in [1.54, 1.807) is 30.3 Å². The van der Waals surface area contributed by atoms with E-state index in [-0.39, 0.29) is 6.42 Å². The van der Waals surface area contributed by atoms with E-state index in [0.717, 1.165) is 6.92 Å². The van der Waals surface area contributed by atoms with E-state index in [1.165, 1.54) is 0 Å². The molecule has 0 radical (unpaired) electrons. The maximum atomic E-state index is 12.5. The van der Waals surface area contributed by atoms with Gasteiger partial charge in [-0.05, 0) is 12.0 Å². The Bertz CT molecular complexity index is 392. The molecule has 0 aliphatic heterocycles. The van der Waals surface area contributed by atoms with Gasteiger partial charge in [0.2, 0.25) is 5.91 Å². The first-order valence-electron chi connectivity index (χ1n) is 5.36. The van der Waals surface area contributed by atoms with Crippen molar-refractivity contribution in [2.45, 2.75) is 31.7 Å². The summed E-state index contributed by atoms with van der Waals surface area (Å²) in [7, 11) is 0. The molecule has 3 nitrogen and oxygen atoms in total. The molecule has 1 rings (SSSR count). The Morgan fingerprint density at radius 1 is 1.33 bits per heavy atom. The summed E-state index contributed by atoms with van der Waals surface area (Å²) in [6, 6.07) is 6.98. The fraction of sp³-hybridized carbons (Fsp3) is 0.417. The standard InChI is InChI=1S/C12H14F3NO2/c1-8(17)16-10(11(18)12(13,14)15)7-9-5-3-2-4-6-9/h2-6,10-11,18H,7H2,1H3,(H,16,17)/t10-,11-/m0/s1. The molecule has 0 unspecified atom stereocenters. The van der Waals surface area contributed by atoms with Gasteiger partial charge in [-0.1, -0.05) is 30.3 Å². The number of alkyl halides is 3. The van der Waals surface area contributed by atoms with E-state index < -0.39 is 24.2 Å². The van der Waals surface area contributed by atoms with Crippen molar-refractivity contribution in [1.29, 1.82) is 0 Å². The number of hydrogen-bond acceptors (Lipinski definition) is 2. The number of nitrogens with one attached hydrogen (secondary N) is 1. The number of aliphatic hydroxyl groups is 1. The van der Waals surface area contributed by atoms with Gasteiger partial charge in [-0.3, -0.25) is 4.79 Å². The summed E-state index contributed by atoms with van der Waals surface area (Å²) < 4.78 is 37.4. The number of hydrogen-bond donors (Lipinski definition) is 2. The average Bonchev–Trinajstić information content (AvgIpc) is 2.26. The van der Waals surface area contributed by atoms with Crippen LogP contribution in [0.15, 0.2) is 30.3 Å². The lowest BCUT2D eigenvalue weighted by Gasteiger charge is -2.25. The second-order valence-corrected chi connectivity index (χ2v) is 3.98. The van der Waals surface area contributed by atoms with Crippen molar-refractivity contribution in [3.8, 4) is 0 Å². The molecule has 0 fully saturated rings. The zero-order valence-corrected chi connectivity index (χ0v) is 9.74. The van der Waals surface area contributed by atoms with Crippen molar-refractivity contribution in [3.05, 3.63) is 35.9 Å². The maximum Gasteiger partial charge on any atom is 0.416 e. The molecule has 0 spiro atoms. The van der Waals surface area contributed by atoms with Crippen LogP contribution in [0.2, 0.25) is 0 Å². The molecule has 2 atom stereocenters. The smallest absolute Gasteiger partial charge is 0.382 e. The molecule has 1 amide bonds. The van der Waals surface area contributed by atoms with E-state index in [4.69, 9.17) is 0 Å². The molecule has 100 valence electrons. The number of aliphatic hydroxyl groups excluding tert-OH is 1. The Morgan fingerprint density at radius 3 is 2.33 bits per heavy atom. The van der Waals surface area contributed by atoms with Crippen molar-refractivity contribution in [1.82, 2.24) is 5.32 Å². The Morgan fingerprint density at radius 2 is 1.89 bits per heavy atom. The average molecular weight is 261 g/mol. The lowest BCUT2D eigenvalue weighted by molar-refractivity contribution is -0.212. The van der Waals surface area contributed by atoms with Crippen molar-refractivity contribution < 1.29 is 23.1 Å². The first-order valence-corrected chi connectivity index (χ1v) is 5.36. The van der Waals surface area contributed by atoms with Gasteiger partial charge in [0.1, 0.15) is 0 Å². The molecule has 0 aliphatic carbocycles. The highest BCUT2D eigenvalue weighted by atomic mass is 19.4. The molecule has 0 saturated carbocycles. The molecule has 0 saturated heterocycles. The second kappa shape index (κ2) is 5.86. The fourth-order valence-corrected chi connectivity index (χ4v) is 1.60. The minimum Gasteiger partial charge on any atom is -0.382 e. The highest BCUT2D eigenvalue weighted by Gasteiger charge is 2.43. The van der Waals surface area contributed by atoms with E-state index in [0.29, 0.717) is 5.56 Å². The van der Waals surface area contributed by atoms with E-state index in [2.05, 4.69) is 5.32 Å². The van der Waals surface area contributed by atoms with Gasteiger partial charge in [-0.25, -0.2) is 0 Å².